The average molecular weight is 334 g/mol. The molecule has 1 aromatic carbocycles. The third kappa shape index (κ3) is 4.37. The molecule has 0 amide bonds. The van der Waals surface area contributed by atoms with Crippen molar-refractivity contribution in [1.29, 1.82) is 0 Å². The molecular formula is C16H18N2O4S. The molecule has 0 aliphatic heterocycles. The number of benzene rings is 1. The van der Waals surface area contributed by atoms with Crippen LogP contribution < -0.4 is 9.46 Å². The number of hydrogen-bond acceptors (Lipinski definition) is 5. The second-order valence-electron chi connectivity index (χ2n) is 4.81. The lowest BCUT2D eigenvalue weighted by molar-refractivity contribution is 0.101. The molecule has 0 atom stereocenters. The first-order chi connectivity index (χ1) is 10.9. The summed E-state index contributed by atoms with van der Waals surface area (Å²) in [6, 6.07) is 9.27. The predicted octanol–water partition coefficient (Wildman–Crippen LogP) is 2.16. The summed E-state index contributed by atoms with van der Waals surface area (Å²) in [5.74, 6) is 0.295. The van der Waals surface area contributed by atoms with E-state index in [9.17, 15) is 13.2 Å². The molecule has 7 heteroatoms. The van der Waals surface area contributed by atoms with E-state index in [1.54, 1.807) is 18.3 Å². The number of nitrogens with zero attached hydrogens (tertiary/aromatic N) is 1. The SMILES string of the molecule is CCOc1ncccc1CNS(=O)(=O)c1ccc(C(C)=O)cc1. The van der Waals surface area contributed by atoms with E-state index in [-0.39, 0.29) is 17.2 Å². The highest BCUT2D eigenvalue weighted by Gasteiger charge is 2.15. The Balaban J connectivity index is 2.14. The molecule has 1 N–H and O–H groups in total. The van der Waals surface area contributed by atoms with Gasteiger partial charge < -0.3 is 4.74 Å². The van der Waals surface area contributed by atoms with Gasteiger partial charge in [0.25, 0.3) is 0 Å². The molecule has 0 bridgehead atoms. The summed E-state index contributed by atoms with van der Waals surface area (Å²) in [6.07, 6.45) is 1.59. The molecule has 0 saturated carbocycles. The van der Waals surface area contributed by atoms with Gasteiger partial charge in [0.15, 0.2) is 5.78 Å². The van der Waals surface area contributed by atoms with Gasteiger partial charge in [-0.25, -0.2) is 18.1 Å². The lowest BCUT2D eigenvalue weighted by atomic mass is 10.2. The summed E-state index contributed by atoms with van der Waals surface area (Å²) in [5, 5.41) is 0. The summed E-state index contributed by atoms with van der Waals surface area (Å²) in [4.78, 5) is 15.4. The largest absolute Gasteiger partial charge is 0.478 e. The summed E-state index contributed by atoms with van der Waals surface area (Å²) in [5.41, 5.74) is 1.12. The molecule has 122 valence electrons. The number of carbonyl (C=O) groups is 1. The third-order valence-electron chi connectivity index (χ3n) is 3.15. The van der Waals surface area contributed by atoms with Crippen LogP contribution in [0.15, 0.2) is 47.5 Å². The monoisotopic (exact) mass is 334 g/mol. The normalized spacial score (nSPS) is 11.2. The minimum atomic E-state index is -3.68. The standard InChI is InChI=1S/C16H18N2O4S/c1-3-22-16-14(5-4-10-17-16)11-18-23(20,21)15-8-6-13(7-9-15)12(2)19/h4-10,18H,3,11H2,1-2H3. The predicted molar refractivity (Wildman–Crippen MR) is 85.9 cm³/mol. The van der Waals surface area contributed by atoms with Gasteiger partial charge in [0.05, 0.1) is 11.5 Å². The second kappa shape index (κ2) is 7.34. The minimum Gasteiger partial charge on any atom is -0.478 e. The number of pyridine rings is 1. The number of carbonyl (C=O) groups excluding carboxylic acids is 1. The molecule has 2 aromatic rings. The fraction of sp³-hybridized carbons (Fsp3) is 0.250. The maximum absolute atomic E-state index is 12.3. The zero-order valence-corrected chi connectivity index (χ0v) is 13.8. The van der Waals surface area contributed by atoms with Crippen LogP contribution in [0.4, 0.5) is 0 Å². The summed E-state index contributed by atoms with van der Waals surface area (Å²) in [6.45, 7) is 3.78. The Morgan fingerprint density at radius 2 is 1.91 bits per heavy atom. The molecule has 0 saturated heterocycles. The van der Waals surface area contributed by atoms with E-state index >= 15 is 0 Å². The van der Waals surface area contributed by atoms with Gasteiger partial charge >= 0.3 is 0 Å². The Morgan fingerprint density at radius 3 is 2.52 bits per heavy atom. The van der Waals surface area contributed by atoms with E-state index in [4.69, 9.17) is 4.74 Å². The summed E-state index contributed by atoms with van der Waals surface area (Å²) >= 11 is 0. The maximum atomic E-state index is 12.3. The van der Waals surface area contributed by atoms with Crippen LogP contribution in [-0.4, -0.2) is 25.8 Å². The number of rotatable bonds is 7. The van der Waals surface area contributed by atoms with Crippen molar-refractivity contribution in [3.63, 3.8) is 0 Å². The molecule has 0 aliphatic rings. The van der Waals surface area contributed by atoms with E-state index < -0.39 is 10.0 Å². The lowest BCUT2D eigenvalue weighted by Gasteiger charge is -2.10. The van der Waals surface area contributed by atoms with Crippen LogP contribution >= 0.6 is 0 Å². The number of Topliss-reactive ketones (excluding diaryl/α,β-unsaturated/α-hetero) is 1. The van der Waals surface area contributed by atoms with Crippen LogP contribution in [0.3, 0.4) is 0 Å². The number of nitrogens with one attached hydrogen (secondary N) is 1. The van der Waals surface area contributed by atoms with Crippen molar-refractivity contribution in [1.82, 2.24) is 9.71 Å². The Hall–Kier alpha value is -2.25. The van der Waals surface area contributed by atoms with Crippen LogP contribution in [0.2, 0.25) is 0 Å². The highest BCUT2D eigenvalue weighted by Crippen LogP contribution is 2.16. The number of ether oxygens (including phenoxy) is 1. The van der Waals surface area contributed by atoms with Crippen LogP contribution in [0.5, 0.6) is 5.88 Å². The van der Waals surface area contributed by atoms with E-state index in [1.807, 2.05) is 6.92 Å². The van der Waals surface area contributed by atoms with E-state index in [1.165, 1.54) is 31.2 Å². The molecule has 1 heterocycles. The maximum Gasteiger partial charge on any atom is 0.240 e. The molecule has 0 unspecified atom stereocenters. The smallest absolute Gasteiger partial charge is 0.240 e. The van der Waals surface area contributed by atoms with Crippen LogP contribution in [0.25, 0.3) is 0 Å². The Kier molecular flexibility index (Phi) is 5.46. The molecule has 0 fully saturated rings. The van der Waals surface area contributed by atoms with Crippen LogP contribution in [0, 0.1) is 0 Å². The number of aromatic nitrogens is 1. The molecule has 0 spiro atoms. The second-order valence-corrected chi connectivity index (χ2v) is 6.57. The zero-order chi connectivity index (χ0) is 16.9. The zero-order valence-electron chi connectivity index (χ0n) is 12.9. The molecular weight excluding hydrogens is 316 g/mol. The fourth-order valence-corrected chi connectivity index (χ4v) is 2.96. The number of hydrogen-bond donors (Lipinski definition) is 1. The first kappa shape index (κ1) is 17.1. The van der Waals surface area contributed by atoms with Crippen molar-refractivity contribution in [2.75, 3.05) is 6.61 Å². The molecule has 0 radical (unpaired) electrons. The Bertz CT molecular complexity index is 786. The third-order valence-corrected chi connectivity index (χ3v) is 4.57. The lowest BCUT2D eigenvalue weighted by Crippen LogP contribution is -2.23. The first-order valence-corrected chi connectivity index (χ1v) is 8.59. The first-order valence-electron chi connectivity index (χ1n) is 7.11. The van der Waals surface area contributed by atoms with Crippen LogP contribution in [0.1, 0.15) is 29.8 Å². The topological polar surface area (TPSA) is 85.4 Å². The van der Waals surface area contributed by atoms with Crippen molar-refractivity contribution in [3.05, 3.63) is 53.7 Å². The van der Waals surface area contributed by atoms with E-state index in [2.05, 4.69) is 9.71 Å². The number of sulfonamides is 1. The molecule has 23 heavy (non-hydrogen) atoms. The van der Waals surface area contributed by atoms with Gasteiger partial charge in [-0.05, 0) is 32.0 Å². The van der Waals surface area contributed by atoms with Crippen molar-refractivity contribution in [2.24, 2.45) is 0 Å². The summed E-state index contributed by atoms with van der Waals surface area (Å²) < 4.78 is 32.5. The molecule has 6 nitrogen and oxygen atoms in total. The van der Waals surface area contributed by atoms with Gasteiger partial charge in [-0.1, -0.05) is 18.2 Å². The molecule has 0 aliphatic carbocycles. The Morgan fingerprint density at radius 1 is 1.22 bits per heavy atom. The summed E-state index contributed by atoms with van der Waals surface area (Å²) in [7, 11) is -3.68. The van der Waals surface area contributed by atoms with Crippen molar-refractivity contribution >= 4 is 15.8 Å². The van der Waals surface area contributed by atoms with Crippen LogP contribution in [-0.2, 0) is 16.6 Å². The Labute approximate surface area is 135 Å². The van der Waals surface area contributed by atoms with Gasteiger partial charge in [0, 0.05) is 23.9 Å². The van der Waals surface area contributed by atoms with Gasteiger partial charge in [-0.2, -0.15) is 0 Å². The average Bonchev–Trinajstić information content (AvgIpc) is 2.54. The van der Waals surface area contributed by atoms with Crippen molar-refractivity contribution in [3.8, 4) is 5.88 Å². The quantitative estimate of drug-likeness (QED) is 0.784. The van der Waals surface area contributed by atoms with Gasteiger partial charge in [-0.15, -0.1) is 0 Å². The molecule has 1 aromatic heterocycles. The van der Waals surface area contributed by atoms with E-state index in [0.29, 0.717) is 23.6 Å². The van der Waals surface area contributed by atoms with Crippen molar-refractivity contribution < 1.29 is 17.9 Å². The van der Waals surface area contributed by atoms with Crippen molar-refractivity contribution in [2.45, 2.75) is 25.3 Å². The number of ketones is 1. The highest BCUT2D eigenvalue weighted by atomic mass is 32.2. The molecule has 2 rings (SSSR count). The minimum absolute atomic E-state index is 0.0694. The van der Waals surface area contributed by atoms with Gasteiger partial charge in [-0.3, -0.25) is 4.79 Å². The van der Waals surface area contributed by atoms with Gasteiger partial charge in [0.2, 0.25) is 15.9 Å². The van der Waals surface area contributed by atoms with Gasteiger partial charge in [0.1, 0.15) is 0 Å². The van der Waals surface area contributed by atoms with E-state index in [0.717, 1.165) is 0 Å². The highest BCUT2D eigenvalue weighted by molar-refractivity contribution is 7.89. The fourth-order valence-electron chi connectivity index (χ4n) is 1.95.